The molecular formula is C16H17N3O3. The number of hydrogen-bond acceptors (Lipinski definition) is 4. The Morgan fingerprint density at radius 2 is 2.14 bits per heavy atom. The van der Waals surface area contributed by atoms with E-state index in [4.69, 9.17) is 9.47 Å². The van der Waals surface area contributed by atoms with Gasteiger partial charge in [-0.2, -0.15) is 5.10 Å². The van der Waals surface area contributed by atoms with Crippen LogP contribution in [0.4, 0.5) is 5.82 Å². The van der Waals surface area contributed by atoms with Gasteiger partial charge < -0.3 is 14.8 Å². The first-order valence-corrected chi connectivity index (χ1v) is 7.47. The summed E-state index contributed by atoms with van der Waals surface area (Å²) in [5.41, 5.74) is 0.538. The van der Waals surface area contributed by atoms with Gasteiger partial charge in [-0.1, -0.05) is 0 Å². The van der Waals surface area contributed by atoms with Gasteiger partial charge in [0.1, 0.15) is 5.82 Å². The lowest BCUT2D eigenvalue weighted by atomic mass is 10.2. The highest BCUT2D eigenvalue weighted by Gasteiger charge is 2.30. The van der Waals surface area contributed by atoms with Crippen molar-refractivity contribution >= 4 is 11.7 Å². The minimum atomic E-state index is -0.178. The van der Waals surface area contributed by atoms with Crippen LogP contribution in [0.5, 0.6) is 11.5 Å². The Bertz CT molecular complexity index is 721. The van der Waals surface area contributed by atoms with Gasteiger partial charge >= 0.3 is 0 Å². The van der Waals surface area contributed by atoms with Crippen molar-refractivity contribution in [3.05, 3.63) is 36.0 Å². The average molecular weight is 299 g/mol. The third-order valence-corrected chi connectivity index (χ3v) is 4.24. The normalized spacial score (nSPS) is 17.3. The van der Waals surface area contributed by atoms with Gasteiger partial charge in [-0.3, -0.25) is 4.79 Å². The number of ether oxygens (including phenoxy) is 2. The van der Waals surface area contributed by atoms with Gasteiger partial charge in [0.05, 0.1) is 12.2 Å². The Labute approximate surface area is 128 Å². The van der Waals surface area contributed by atoms with Gasteiger partial charge in [-0.25, -0.2) is 4.68 Å². The van der Waals surface area contributed by atoms with Crippen LogP contribution in [0.3, 0.4) is 0 Å². The maximum atomic E-state index is 12.4. The standard InChI is InChI=1S/C16H17N3O3/c1-10(11-2-3-11)19-15(6-7-17-19)18-16(20)12-4-5-13-14(8-12)22-9-21-13/h4-8,10-11H,2-3,9H2,1H3,(H,18,20). The summed E-state index contributed by atoms with van der Waals surface area (Å²) >= 11 is 0. The predicted octanol–water partition coefficient (Wildman–Crippen LogP) is 2.84. The summed E-state index contributed by atoms with van der Waals surface area (Å²) in [7, 11) is 0. The smallest absolute Gasteiger partial charge is 0.256 e. The number of amides is 1. The number of anilines is 1. The van der Waals surface area contributed by atoms with Crippen molar-refractivity contribution in [1.29, 1.82) is 0 Å². The Morgan fingerprint density at radius 1 is 1.32 bits per heavy atom. The molecule has 6 nitrogen and oxygen atoms in total. The van der Waals surface area contributed by atoms with Gasteiger partial charge in [0.15, 0.2) is 11.5 Å². The molecule has 114 valence electrons. The van der Waals surface area contributed by atoms with Gasteiger partial charge in [-0.15, -0.1) is 0 Å². The molecule has 1 fully saturated rings. The molecule has 0 spiro atoms. The van der Waals surface area contributed by atoms with Crippen LogP contribution in [-0.2, 0) is 0 Å². The lowest BCUT2D eigenvalue weighted by Crippen LogP contribution is -2.18. The Kier molecular flexibility index (Phi) is 3.03. The molecule has 1 aliphatic heterocycles. The molecule has 1 aromatic heterocycles. The fourth-order valence-corrected chi connectivity index (χ4v) is 2.74. The zero-order valence-corrected chi connectivity index (χ0v) is 12.3. The number of aromatic nitrogens is 2. The molecule has 0 radical (unpaired) electrons. The summed E-state index contributed by atoms with van der Waals surface area (Å²) < 4.78 is 12.5. The molecule has 2 aromatic rings. The number of fused-ring (bicyclic) bond motifs is 1. The molecule has 2 aliphatic rings. The van der Waals surface area contributed by atoms with Crippen molar-refractivity contribution < 1.29 is 14.3 Å². The number of benzene rings is 1. The molecule has 0 bridgehead atoms. The van der Waals surface area contributed by atoms with E-state index in [0.717, 1.165) is 5.82 Å². The molecule has 1 aromatic carbocycles. The maximum Gasteiger partial charge on any atom is 0.256 e. The van der Waals surface area contributed by atoms with E-state index in [1.165, 1.54) is 12.8 Å². The first kappa shape index (κ1) is 13.2. The van der Waals surface area contributed by atoms with Crippen LogP contribution in [-0.4, -0.2) is 22.5 Å². The van der Waals surface area contributed by atoms with E-state index in [1.54, 1.807) is 24.4 Å². The molecule has 4 rings (SSSR count). The minimum absolute atomic E-state index is 0.178. The first-order chi connectivity index (χ1) is 10.7. The summed E-state index contributed by atoms with van der Waals surface area (Å²) in [6, 6.07) is 7.31. The van der Waals surface area contributed by atoms with Crippen molar-refractivity contribution in [2.75, 3.05) is 12.1 Å². The van der Waals surface area contributed by atoms with E-state index in [2.05, 4.69) is 17.3 Å². The molecule has 1 saturated carbocycles. The minimum Gasteiger partial charge on any atom is -0.454 e. The summed E-state index contributed by atoms with van der Waals surface area (Å²) in [6.45, 7) is 2.34. The third kappa shape index (κ3) is 2.30. The number of nitrogens with one attached hydrogen (secondary N) is 1. The zero-order valence-electron chi connectivity index (χ0n) is 12.3. The van der Waals surface area contributed by atoms with E-state index in [1.807, 2.05) is 10.7 Å². The first-order valence-electron chi connectivity index (χ1n) is 7.47. The Hall–Kier alpha value is -2.50. The number of hydrogen-bond donors (Lipinski definition) is 1. The second-order valence-corrected chi connectivity index (χ2v) is 5.76. The van der Waals surface area contributed by atoms with Crippen molar-refractivity contribution in [1.82, 2.24) is 9.78 Å². The summed E-state index contributed by atoms with van der Waals surface area (Å²) in [5, 5.41) is 7.27. The lowest BCUT2D eigenvalue weighted by Gasteiger charge is -2.15. The van der Waals surface area contributed by atoms with Gasteiger partial charge in [-0.05, 0) is 43.9 Å². The molecule has 6 heteroatoms. The van der Waals surface area contributed by atoms with Crippen LogP contribution in [0.15, 0.2) is 30.5 Å². The molecule has 0 saturated heterocycles. The van der Waals surface area contributed by atoms with Crippen LogP contribution in [0.25, 0.3) is 0 Å². The van der Waals surface area contributed by atoms with E-state index < -0.39 is 0 Å². The van der Waals surface area contributed by atoms with Crippen LogP contribution >= 0.6 is 0 Å². The van der Waals surface area contributed by atoms with Crippen LogP contribution in [0.2, 0.25) is 0 Å². The monoisotopic (exact) mass is 299 g/mol. The molecule has 1 aliphatic carbocycles. The molecule has 1 unspecified atom stereocenters. The Balaban J connectivity index is 1.53. The average Bonchev–Trinajstić information content (AvgIpc) is 3.09. The van der Waals surface area contributed by atoms with Gasteiger partial charge in [0.25, 0.3) is 5.91 Å². The SMILES string of the molecule is CC(C1CC1)n1nccc1NC(=O)c1ccc2c(c1)OCO2. The van der Waals surface area contributed by atoms with E-state index in [9.17, 15) is 4.79 Å². The molecule has 1 amide bonds. The fraction of sp³-hybridized carbons (Fsp3) is 0.375. The predicted molar refractivity (Wildman–Crippen MR) is 80.2 cm³/mol. The largest absolute Gasteiger partial charge is 0.454 e. The topological polar surface area (TPSA) is 65.4 Å². The fourth-order valence-electron chi connectivity index (χ4n) is 2.74. The number of rotatable bonds is 4. The van der Waals surface area contributed by atoms with E-state index >= 15 is 0 Å². The third-order valence-electron chi connectivity index (χ3n) is 4.24. The number of carbonyl (C=O) groups is 1. The molecular weight excluding hydrogens is 282 g/mol. The Morgan fingerprint density at radius 3 is 2.95 bits per heavy atom. The lowest BCUT2D eigenvalue weighted by molar-refractivity contribution is 0.102. The van der Waals surface area contributed by atoms with Crippen LogP contribution < -0.4 is 14.8 Å². The highest BCUT2D eigenvalue weighted by Crippen LogP contribution is 2.40. The van der Waals surface area contributed by atoms with E-state index in [0.29, 0.717) is 29.0 Å². The molecule has 2 heterocycles. The maximum absolute atomic E-state index is 12.4. The summed E-state index contributed by atoms with van der Waals surface area (Å²) in [6.07, 6.45) is 4.18. The molecule has 1 N–H and O–H groups in total. The van der Waals surface area contributed by atoms with Gasteiger partial charge in [0, 0.05) is 11.6 Å². The second-order valence-electron chi connectivity index (χ2n) is 5.76. The molecule has 22 heavy (non-hydrogen) atoms. The highest BCUT2D eigenvalue weighted by molar-refractivity contribution is 6.04. The van der Waals surface area contributed by atoms with Crippen molar-refractivity contribution in [2.24, 2.45) is 5.92 Å². The van der Waals surface area contributed by atoms with Crippen molar-refractivity contribution in [2.45, 2.75) is 25.8 Å². The highest BCUT2D eigenvalue weighted by atomic mass is 16.7. The number of carbonyl (C=O) groups excluding carboxylic acids is 1. The zero-order chi connectivity index (χ0) is 15.1. The summed E-state index contributed by atoms with van der Waals surface area (Å²) in [5.74, 6) is 2.49. The van der Waals surface area contributed by atoms with Crippen molar-refractivity contribution in [3.63, 3.8) is 0 Å². The molecule has 1 atom stereocenters. The summed E-state index contributed by atoms with van der Waals surface area (Å²) in [4.78, 5) is 12.4. The van der Waals surface area contributed by atoms with Crippen LogP contribution in [0, 0.1) is 5.92 Å². The van der Waals surface area contributed by atoms with Gasteiger partial charge in [0.2, 0.25) is 6.79 Å². The second kappa shape index (κ2) is 5.05. The van der Waals surface area contributed by atoms with Crippen molar-refractivity contribution in [3.8, 4) is 11.5 Å². The van der Waals surface area contributed by atoms with Crippen LogP contribution in [0.1, 0.15) is 36.2 Å². The number of nitrogens with zero attached hydrogens (tertiary/aromatic N) is 2. The quantitative estimate of drug-likeness (QED) is 0.942. The van der Waals surface area contributed by atoms with E-state index in [-0.39, 0.29) is 12.7 Å².